The van der Waals surface area contributed by atoms with Crippen molar-refractivity contribution in [2.75, 3.05) is 11.5 Å². The van der Waals surface area contributed by atoms with Gasteiger partial charge in [0.15, 0.2) is 0 Å². The number of anilines is 2. The molecule has 5 N–H and O–H groups in total. The number of nitrogens with zero attached hydrogens (tertiary/aromatic N) is 1. The van der Waals surface area contributed by atoms with E-state index in [4.69, 9.17) is 16.6 Å². The van der Waals surface area contributed by atoms with Crippen molar-refractivity contribution >= 4 is 11.5 Å². The normalized spacial score (nSPS) is 12.8. The van der Waals surface area contributed by atoms with Gasteiger partial charge in [-0.2, -0.15) is 0 Å². The van der Waals surface area contributed by atoms with E-state index in [1.807, 2.05) is 0 Å². The molecule has 0 radical (unpaired) electrons. The van der Waals surface area contributed by atoms with Gasteiger partial charge in [0, 0.05) is 17.8 Å². The van der Waals surface area contributed by atoms with Crippen molar-refractivity contribution in [3.05, 3.63) is 22.5 Å². The lowest BCUT2D eigenvalue weighted by atomic mass is 10.3. The molecule has 66 valence electrons. The van der Waals surface area contributed by atoms with Crippen LogP contribution < -0.4 is 17.0 Å². The molecule has 0 aromatic carbocycles. The van der Waals surface area contributed by atoms with E-state index in [1.54, 1.807) is 0 Å². The molecule has 0 fully saturated rings. The third-order valence-corrected chi connectivity index (χ3v) is 1.49. The van der Waals surface area contributed by atoms with Gasteiger partial charge in [-0.25, -0.2) is 0 Å². The standard InChI is InChI=1S/C7H11N3O2/c1-4(11)10-6(9)2-5(8)3-7(10)12/h2-4,11H,8-9H2,1H3. The lowest BCUT2D eigenvalue weighted by molar-refractivity contribution is 0.123. The number of hydrogen-bond acceptors (Lipinski definition) is 4. The molecule has 0 saturated heterocycles. The Morgan fingerprint density at radius 1 is 1.50 bits per heavy atom. The van der Waals surface area contributed by atoms with Gasteiger partial charge in [-0.3, -0.25) is 9.36 Å². The Labute approximate surface area is 69.2 Å². The number of nitrogens with two attached hydrogens (primary N) is 2. The first kappa shape index (κ1) is 8.61. The SMILES string of the molecule is CC(O)n1c(N)cc(N)cc1=O. The van der Waals surface area contributed by atoms with Gasteiger partial charge in [-0.05, 0) is 6.92 Å². The number of nitrogen functional groups attached to an aromatic ring is 2. The van der Waals surface area contributed by atoms with Crippen molar-refractivity contribution in [3.63, 3.8) is 0 Å². The summed E-state index contributed by atoms with van der Waals surface area (Å²) >= 11 is 0. The minimum atomic E-state index is -0.932. The smallest absolute Gasteiger partial charge is 0.256 e. The van der Waals surface area contributed by atoms with Gasteiger partial charge in [-0.1, -0.05) is 0 Å². The summed E-state index contributed by atoms with van der Waals surface area (Å²) in [5.74, 6) is 0.162. The predicted molar refractivity (Wildman–Crippen MR) is 46.5 cm³/mol. The first-order chi connectivity index (χ1) is 5.52. The Kier molecular flexibility index (Phi) is 2.05. The average Bonchev–Trinajstić information content (AvgIpc) is 1.82. The maximum absolute atomic E-state index is 11.1. The topological polar surface area (TPSA) is 94.3 Å². The van der Waals surface area contributed by atoms with Crippen molar-refractivity contribution in [2.45, 2.75) is 13.2 Å². The number of aliphatic hydroxyl groups is 1. The molecular formula is C7H11N3O2. The lowest BCUT2D eigenvalue weighted by Crippen LogP contribution is -2.25. The summed E-state index contributed by atoms with van der Waals surface area (Å²) in [6, 6.07) is 2.64. The summed E-state index contributed by atoms with van der Waals surface area (Å²) in [5.41, 5.74) is 10.7. The van der Waals surface area contributed by atoms with Gasteiger partial charge in [0.05, 0.1) is 0 Å². The Morgan fingerprint density at radius 2 is 2.08 bits per heavy atom. The molecule has 1 heterocycles. The highest BCUT2D eigenvalue weighted by Crippen LogP contribution is 2.08. The van der Waals surface area contributed by atoms with Crippen LogP contribution in [0, 0.1) is 0 Å². The highest BCUT2D eigenvalue weighted by atomic mass is 16.3. The first-order valence-corrected chi connectivity index (χ1v) is 3.48. The number of pyridine rings is 1. The Bertz CT molecular complexity index is 343. The molecule has 0 bridgehead atoms. The molecule has 0 aliphatic rings. The highest BCUT2D eigenvalue weighted by Gasteiger charge is 2.06. The quantitative estimate of drug-likeness (QED) is 0.529. The van der Waals surface area contributed by atoms with Crippen LogP contribution >= 0.6 is 0 Å². The van der Waals surface area contributed by atoms with Crippen LogP contribution in [0.25, 0.3) is 0 Å². The minimum Gasteiger partial charge on any atom is -0.398 e. The van der Waals surface area contributed by atoms with Crippen molar-refractivity contribution < 1.29 is 5.11 Å². The van der Waals surface area contributed by atoms with E-state index >= 15 is 0 Å². The van der Waals surface area contributed by atoms with Crippen LogP contribution in [0.5, 0.6) is 0 Å². The third kappa shape index (κ3) is 1.40. The van der Waals surface area contributed by atoms with Gasteiger partial charge in [0.25, 0.3) is 5.56 Å². The molecular weight excluding hydrogens is 158 g/mol. The van der Waals surface area contributed by atoms with Crippen molar-refractivity contribution in [2.24, 2.45) is 0 Å². The van der Waals surface area contributed by atoms with E-state index in [0.29, 0.717) is 5.69 Å². The van der Waals surface area contributed by atoms with Crippen LogP contribution in [0.3, 0.4) is 0 Å². The lowest BCUT2D eigenvalue weighted by Gasteiger charge is -2.11. The maximum atomic E-state index is 11.1. The molecule has 0 amide bonds. The molecule has 1 unspecified atom stereocenters. The predicted octanol–water partition coefficient (Wildman–Crippen LogP) is -0.477. The van der Waals surface area contributed by atoms with Gasteiger partial charge in [0.1, 0.15) is 12.0 Å². The molecule has 1 aromatic rings. The summed E-state index contributed by atoms with van der Waals surface area (Å²) in [6.07, 6.45) is -0.932. The van der Waals surface area contributed by atoms with Crippen LogP contribution in [0.4, 0.5) is 11.5 Å². The van der Waals surface area contributed by atoms with E-state index in [2.05, 4.69) is 0 Å². The second-order valence-corrected chi connectivity index (χ2v) is 2.55. The van der Waals surface area contributed by atoms with Crippen LogP contribution in [0.2, 0.25) is 0 Å². The highest BCUT2D eigenvalue weighted by molar-refractivity contribution is 5.46. The van der Waals surface area contributed by atoms with Gasteiger partial charge in [0.2, 0.25) is 0 Å². The number of hydrogen-bond donors (Lipinski definition) is 3. The minimum absolute atomic E-state index is 0.162. The summed E-state index contributed by atoms with van der Waals surface area (Å²) in [6.45, 7) is 1.45. The summed E-state index contributed by atoms with van der Waals surface area (Å²) in [7, 11) is 0. The van der Waals surface area contributed by atoms with Crippen molar-refractivity contribution in [1.29, 1.82) is 0 Å². The zero-order valence-electron chi connectivity index (χ0n) is 6.69. The van der Waals surface area contributed by atoms with E-state index in [0.717, 1.165) is 4.57 Å². The third-order valence-electron chi connectivity index (χ3n) is 1.49. The second-order valence-electron chi connectivity index (χ2n) is 2.55. The first-order valence-electron chi connectivity index (χ1n) is 3.48. The molecule has 0 aliphatic heterocycles. The molecule has 12 heavy (non-hydrogen) atoms. The van der Waals surface area contributed by atoms with Crippen LogP contribution in [0.1, 0.15) is 13.2 Å². The maximum Gasteiger partial charge on any atom is 0.256 e. The number of aromatic nitrogens is 1. The van der Waals surface area contributed by atoms with Crippen LogP contribution in [-0.2, 0) is 0 Å². The van der Waals surface area contributed by atoms with Crippen molar-refractivity contribution in [3.8, 4) is 0 Å². The van der Waals surface area contributed by atoms with Crippen LogP contribution in [-0.4, -0.2) is 9.67 Å². The fourth-order valence-corrected chi connectivity index (χ4v) is 1.02. The molecule has 1 atom stereocenters. The van der Waals surface area contributed by atoms with Gasteiger partial charge in [-0.15, -0.1) is 0 Å². The Balaban J connectivity index is 3.39. The number of aliphatic hydroxyl groups excluding tert-OH is 1. The summed E-state index contributed by atoms with van der Waals surface area (Å²) < 4.78 is 1.05. The monoisotopic (exact) mass is 169 g/mol. The second kappa shape index (κ2) is 2.86. The Morgan fingerprint density at radius 3 is 2.50 bits per heavy atom. The average molecular weight is 169 g/mol. The molecule has 1 aromatic heterocycles. The van der Waals surface area contributed by atoms with Crippen LogP contribution in [0.15, 0.2) is 16.9 Å². The molecule has 0 aliphatic carbocycles. The fraction of sp³-hybridized carbons (Fsp3) is 0.286. The molecule has 5 nitrogen and oxygen atoms in total. The largest absolute Gasteiger partial charge is 0.398 e. The van der Waals surface area contributed by atoms with Gasteiger partial charge < -0.3 is 16.6 Å². The van der Waals surface area contributed by atoms with Gasteiger partial charge >= 0.3 is 0 Å². The van der Waals surface area contributed by atoms with E-state index < -0.39 is 11.8 Å². The Hall–Kier alpha value is -1.49. The molecule has 0 spiro atoms. The summed E-state index contributed by atoms with van der Waals surface area (Å²) in [4.78, 5) is 11.1. The fourth-order valence-electron chi connectivity index (χ4n) is 1.02. The van der Waals surface area contributed by atoms with E-state index in [-0.39, 0.29) is 5.82 Å². The summed E-state index contributed by atoms with van der Waals surface area (Å²) in [5, 5.41) is 9.12. The number of rotatable bonds is 1. The zero-order chi connectivity index (χ0) is 9.30. The molecule has 0 saturated carbocycles. The molecule has 5 heteroatoms. The van der Waals surface area contributed by atoms with E-state index in [9.17, 15) is 4.79 Å². The van der Waals surface area contributed by atoms with Crippen molar-refractivity contribution in [1.82, 2.24) is 4.57 Å². The molecule has 1 rings (SSSR count). The van der Waals surface area contributed by atoms with E-state index in [1.165, 1.54) is 19.1 Å². The zero-order valence-corrected chi connectivity index (χ0v) is 6.69.